The Hall–Kier alpha value is -0.0900. The minimum atomic E-state index is -0.120. The molecule has 0 bridgehead atoms. The first-order valence-electron chi connectivity index (χ1n) is 5.25. The lowest BCUT2D eigenvalue weighted by atomic mass is 9.93. The molecule has 0 aromatic carbocycles. The van der Waals surface area contributed by atoms with Gasteiger partial charge in [0, 0.05) is 0 Å². The summed E-state index contributed by atoms with van der Waals surface area (Å²) in [5.74, 6) is 0.538. The fraction of sp³-hybridized carbons (Fsp3) is 0.900. The molecular formula is C10H18BrNO2. The highest BCUT2D eigenvalue weighted by atomic mass is 79.9. The van der Waals surface area contributed by atoms with Gasteiger partial charge in [-0.1, -0.05) is 15.9 Å². The standard InChI is InChI=1S/C10H18BrNO2/c1-2-14-10(13)9(11)7-8-3-5-12-6-4-8/h8-9,12H,2-7H2,1H3. The Balaban J connectivity index is 2.24. The number of ether oxygens (including phenoxy) is 1. The van der Waals surface area contributed by atoms with Crippen LogP contribution in [0.15, 0.2) is 0 Å². The second-order valence-corrected chi connectivity index (χ2v) is 4.75. The Kier molecular flexibility index (Phi) is 5.48. The summed E-state index contributed by atoms with van der Waals surface area (Å²) in [5, 5.41) is 3.31. The number of hydrogen-bond donors (Lipinski definition) is 1. The van der Waals surface area contributed by atoms with Crippen LogP contribution in [-0.4, -0.2) is 30.5 Å². The molecule has 1 atom stereocenters. The third-order valence-corrected chi connectivity index (χ3v) is 3.29. The van der Waals surface area contributed by atoms with Crippen molar-refractivity contribution in [2.24, 2.45) is 5.92 Å². The van der Waals surface area contributed by atoms with Crippen molar-refractivity contribution in [2.75, 3.05) is 19.7 Å². The summed E-state index contributed by atoms with van der Waals surface area (Å²) < 4.78 is 4.94. The highest BCUT2D eigenvalue weighted by Gasteiger charge is 2.22. The zero-order valence-corrected chi connectivity index (χ0v) is 10.2. The highest BCUT2D eigenvalue weighted by Crippen LogP contribution is 2.22. The third kappa shape index (κ3) is 3.96. The predicted octanol–water partition coefficient (Wildman–Crippen LogP) is 1.70. The van der Waals surface area contributed by atoms with Crippen molar-refractivity contribution in [1.82, 2.24) is 5.32 Å². The van der Waals surface area contributed by atoms with Crippen molar-refractivity contribution < 1.29 is 9.53 Å². The molecule has 1 heterocycles. The van der Waals surface area contributed by atoms with E-state index >= 15 is 0 Å². The van der Waals surface area contributed by atoms with Gasteiger partial charge in [0.1, 0.15) is 4.83 Å². The van der Waals surface area contributed by atoms with E-state index in [0.717, 1.165) is 19.5 Å². The maximum absolute atomic E-state index is 11.3. The Morgan fingerprint density at radius 3 is 2.79 bits per heavy atom. The van der Waals surface area contributed by atoms with Crippen molar-refractivity contribution in [3.8, 4) is 0 Å². The number of alkyl halides is 1. The Bertz CT molecular complexity index is 181. The van der Waals surface area contributed by atoms with Crippen molar-refractivity contribution in [1.29, 1.82) is 0 Å². The fourth-order valence-corrected chi connectivity index (χ4v) is 2.40. The molecule has 14 heavy (non-hydrogen) atoms. The van der Waals surface area contributed by atoms with Crippen LogP contribution in [0, 0.1) is 5.92 Å². The largest absolute Gasteiger partial charge is 0.465 e. The molecule has 1 aliphatic rings. The molecule has 0 aromatic heterocycles. The third-order valence-electron chi connectivity index (χ3n) is 2.54. The van der Waals surface area contributed by atoms with E-state index in [2.05, 4.69) is 21.2 Å². The minimum Gasteiger partial charge on any atom is -0.465 e. The number of carbonyl (C=O) groups is 1. The van der Waals surface area contributed by atoms with Crippen molar-refractivity contribution in [3.63, 3.8) is 0 Å². The molecule has 0 aromatic rings. The molecule has 1 unspecified atom stereocenters. The van der Waals surface area contributed by atoms with Crippen LogP contribution in [0.25, 0.3) is 0 Å². The highest BCUT2D eigenvalue weighted by molar-refractivity contribution is 9.10. The molecule has 1 fully saturated rings. The van der Waals surface area contributed by atoms with Crippen LogP contribution in [0.1, 0.15) is 26.2 Å². The van der Waals surface area contributed by atoms with Crippen LogP contribution in [0.3, 0.4) is 0 Å². The van der Waals surface area contributed by atoms with E-state index in [1.54, 1.807) is 0 Å². The van der Waals surface area contributed by atoms with Crippen LogP contribution >= 0.6 is 15.9 Å². The van der Waals surface area contributed by atoms with Crippen LogP contribution in [0.4, 0.5) is 0 Å². The van der Waals surface area contributed by atoms with Crippen molar-refractivity contribution in [2.45, 2.75) is 31.0 Å². The van der Waals surface area contributed by atoms with Gasteiger partial charge >= 0.3 is 5.97 Å². The number of piperidine rings is 1. The average Bonchev–Trinajstić information content (AvgIpc) is 2.19. The van der Waals surface area contributed by atoms with Gasteiger partial charge in [0.15, 0.2) is 0 Å². The molecule has 1 aliphatic heterocycles. The van der Waals surface area contributed by atoms with Gasteiger partial charge in [0.2, 0.25) is 0 Å². The van der Waals surface area contributed by atoms with Gasteiger partial charge in [-0.3, -0.25) is 4.79 Å². The lowest BCUT2D eigenvalue weighted by Crippen LogP contribution is -2.30. The van der Waals surface area contributed by atoms with Crippen molar-refractivity contribution in [3.05, 3.63) is 0 Å². The number of esters is 1. The van der Waals surface area contributed by atoms with Gasteiger partial charge in [0.25, 0.3) is 0 Å². The Morgan fingerprint density at radius 1 is 1.57 bits per heavy atom. The summed E-state index contributed by atoms with van der Waals surface area (Å²) in [5.41, 5.74) is 0. The van der Waals surface area contributed by atoms with Crippen LogP contribution in [0.2, 0.25) is 0 Å². The topological polar surface area (TPSA) is 38.3 Å². The normalized spacial score (nSPS) is 20.4. The van der Waals surface area contributed by atoms with Gasteiger partial charge in [-0.25, -0.2) is 0 Å². The second-order valence-electron chi connectivity index (χ2n) is 3.65. The zero-order chi connectivity index (χ0) is 10.4. The molecule has 0 radical (unpaired) electrons. The van der Waals surface area contributed by atoms with Crippen LogP contribution in [-0.2, 0) is 9.53 Å². The molecule has 0 amide bonds. The smallest absolute Gasteiger partial charge is 0.319 e. The lowest BCUT2D eigenvalue weighted by Gasteiger charge is -2.23. The summed E-state index contributed by atoms with van der Waals surface area (Å²) in [6.45, 7) is 4.45. The molecule has 0 aliphatic carbocycles. The minimum absolute atomic E-state index is 0.119. The van der Waals surface area contributed by atoms with E-state index < -0.39 is 0 Å². The van der Waals surface area contributed by atoms with Gasteiger partial charge in [0.05, 0.1) is 6.61 Å². The van der Waals surface area contributed by atoms with Crippen molar-refractivity contribution >= 4 is 21.9 Å². The first kappa shape index (κ1) is 12.0. The Morgan fingerprint density at radius 2 is 2.21 bits per heavy atom. The molecule has 82 valence electrons. The maximum Gasteiger partial charge on any atom is 0.319 e. The molecule has 4 heteroatoms. The van der Waals surface area contributed by atoms with E-state index in [0.29, 0.717) is 12.5 Å². The number of carbonyl (C=O) groups excluding carboxylic acids is 1. The monoisotopic (exact) mass is 263 g/mol. The quantitative estimate of drug-likeness (QED) is 0.620. The predicted molar refractivity (Wildman–Crippen MR) is 59.6 cm³/mol. The molecule has 3 nitrogen and oxygen atoms in total. The summed E-state index contributed by atoms with van der Waals surface area (Å²) >= 11 is 3.38. The average molecular weight is 264 g/mol. The fourth-order valence-electron chi connectivity index (χ4n) is 1.74. The summed E-state index contributed by atoms with van der Waals surface area (Å²) in [6, 6.07) is 0. The summed E-state index contributed by atoms with van der Waals surface area (Å²) in [4.78, 5) is 11.2. The molecule has 0 saturated carbocycles. The first-order chi connectivity index (χ1) is 6.74. The van der Waals surface area contributed by atoms with Crippen LogP contribution in [0.5, 0.6) is 0 Å². The molecule has 1 N–H and O–H groups in total. The number of halogens is 1. The maximum atomic E-state index is 11.3. The SMILES string of the molecule is CCOC(=O)C(Br)CC1CCNCC1. The summed E-state index contributed by atoms with van der Waals surface area (Å²) in [7, 11) is 0. The zero-order valence-electron chi connectivity index (χ0n) is 8.59. The molecule has 0 spiro atoms. The van der Waals surface area contributed by atoms with Crippen LogP contribution < -0.4 is 5.32 Å². The van der Waals surface area contributed by atoms with Gasteiger partial charge in [-0.15, -0.1) is 0 Å². The number of rotatable bonds is 4. The second kappa shape index (κ2) is 6.40. The Labute approximate surface area is 93.7 Å². The number of nitrogens with one attached hydrogen (secondary N) is 1. The van der Waals surface area contributed by atoms with E-state index in [1.165, 1.54) is 12.8 Å². The summed E-state index contributed by atoms with van der Waals surface area (Å²) in [6.07, 6.45) is 3.24. The van der Waals surface area contributed by atoms with E-state index in [-0.39, 0.29) is 10.8 Å². The van der Waals surface area contributed by atoms with Gasteiger partial charge in [-0.2, -0.15) is 0 Å². The van der Waals surface area contributed by atoms with E-state index in [1.807, 2.05) is 6.92 Å². The lowest BCUT2D eigenvalue weighted by molar-refractivity contribution is -0.142. The molecular weight excluding hydrogens is 246 g/mol. The van der Waals surface area contributed by atoms with Gasteiger partial charge in [-0.05, 0) is 45.2 Å². The van der Waals surface area contributed by atoms with E-state index in [4.69, 9.17) is 4.74 Å². The molecule has 1 saturated heterocycles. The number of hydrogen-bond acceptors (Lipinski definition) is 3. The molecule has 1 rings (SSSR count). The van der Waals surface area contributed by atoms with E-state index in [9.17, 15) is 4.79 Å². The first-order valence-corrected chi connectivity index (χ1v) is 6.17. The van der Waals surface area contributed by atoms with Gasteiger partial charge < -0.3 is 10.1 Å².